The molecule has 3 nitrogen and oxygen atoms in total. The fourth-order valence-electron chi connectivity index (χ4n) is 3.13. The van der Waals surface area contributed by atoms with Crippen LogP contribution in [-0.4, -0.2) is 15.8 Å². The monoisotopic (exact) mass is 255 g/mol. The number of fused-ring (bicyclic) bond motifs is 1. The summed E-state index contributed by atoms with van der Waals surface area (Å²) in [7, 11) is 0. The van der Waals surface area contributed by atoms with Crippen molar-refractivity contribution in [1.82, 2.24) is 9.78 Å². The SMILES string of the molecule is CCn1cc(CC(N)C2CCc3ccccc32)cn1. The van der Waals surface area contributed by atoms with Crippen molar-refractivity contribution in [2.45, 2.75) is 44.7 Å². The first-order valence-electron chi connectivity index (χ1n) is 7.12. The van der Waals surface area contributed by atoms with Gasteiger partial charge in [-0.25, -0.2) is 0 Å². The van der Waals surface area contributed by atoms with Crippen molar-refractivity contribution in [2.24, 2.45) is 5.73 Å². The van der Waals surface area contributed by atoms with Crippen molar-refractivity contribution in [3.05, 3.63) is 53.3 Å². The predicted molar refractivity (Wildman–Crippen MR) is 77.1 cm³/mol. The standard InChI is InChI=1S/C16H21N3/c1-2-19-11-12(10-18-19)9-16(17)15-8-7-13-5-3-4-6-14(13)15/h3-6,10-11,15-16H,2,7-9,17H2,1H3. The molecular formula is C16H21N3. The number of hydrogen-bond acceptors (Lipinski definition) is 2. The zero-order valence-electron chi connectivity index (χ0n) is 11.4. The molecule has 0 radical (unpaired) electrons. The second kappa shape index (κ2) is 5.17. The van der Waals surface area contributed by atoms with Gasteiger partial charge in [0.2, 0.25) is 0 Å². The van der Waals surface area contributed by atoms with Crippen LogP contribution in [-0.2, 0) is 19.4 Å². The first kappa shape index (κ1) is 12.4. The Bertz CT molecular complexity index is 559. The van der Waals surface area contributed by atoms with E-state index < -0.39 is 0 Å². The number of nitrogens with two attached hydrogens (primary N) is 1. The molecule has 3 rings (SSSR count). The molecule has 0 spiro atoms. The van der Waals surface area contributed by atoms with Crippen LogP contribution in [0.1, 0.15) is 36.0 Å². The van der Waals surface area contributed by atoms with E-state index in [1.807, 2.05) is 10.9 Å². The van der Waals surface area contributed by atoms with Crippen molar-refractivity contribution in [3.63, 3.8) is 0 Å². The summed E-state index contributed by atoms with van der Waals surface area (Å²) < 4.78 is 1.96. The summed E-state index contributed by atoms with van der Waals surface area (Å²) in [6, 6.07) is 8.91. The van der Waals surface area contributed by atoms with Gasteiger partial charge < -0.3 is 5.73 Å². The Morgan fingerprint density at radius 3 is 3.05 bits per heavy atom. The van der Waals surface area contributed by atoms with Gasteiger partial charge in [-0.3, -0.25) is 4.68 Å². The highest BCUT2D eigenvalue weighted by Crippen LogP contribution is 2.35. The number of hydrogen-bond donors (Lipinski definition) is 1. The van der Waals surface area contributed by atoms with Crippen LogP contribution in [0.5, 0.6) is 0 Å². The highest BCUT2D eigenvalue weighted by molar-refractivity contribution is 5.36. The molecule has 2 N–H and O–H groups in total. The zero-order chi connectivity index (χ0) is 13.2. The third-order valence-electron chi connectivity index (χ3n) is 4.18. The summed E-state index contributed by atoms with van der Waals surface area (Å²) in [5.74, 6) is 0.501. The Kier molecular flexibility index (Phi) is 3.38. The molecule has 0 aliphatic heterocycles. The van der Waals surface area contributed by atoms with E-state index in [1.54, 1.807) is 0 Å². The van der Waals surface area contributed by atoms with E-state index in [-0.39, 0.29) is 6.04 Å². The number of benzene rings is 1. The van der Waals surface area contributed by atoms with Gasteiger partial charge in [0.1, 0.15) is 0 Å². The maximum absolute atomic E-state index is 6.44. The first-order chi connectivity index (χ1) is 9.28. The molecule has 0 saturated heterocycles. The Labute approximate surface area is 114 Å². The maximum atomic E-state index is 6.44. The van der Waals surface area contributed by atoms with Crippen molar-refractivity contribution < 1.29 is 0 Å². The Morgan fingerprint density at radius 1 is 1.42 bits per heavy atom. The smallest absolute Gasteiger partial charge is 0.0522 e. The molecule has 1 aliphatic carbocycles. The van der Waals surface area contributed by atoms with E-state index in [4.69, 9.17) is 5.73 Å². The van der Waals surface area contributed by atoms with Crippen molar-refractivity contribution >= 4 is 0 Å². The van der Waals surface area contributed by atoms with Crippen LogP contribution in [0.4, 0.5) is 0 Å². The lowest BCUT2D eigenvalue weighted by atomic mass is 9.90. The minimum Gasteiger partial charge on any atom is -0.327 e. The van der Waals surface area contributed by atoms with Gasteiger partial charge in [-0.05, 0) is 48.8 Å². The van der Waals surface area contributed by atoms with Gasteiger partial charge in [-0.2, -0.15) is 5.10 Å². The van der Waals surface area contributed by atoms with Gasteiger partial charge in [-0.15, -0.1) is 0 Å². The van der Waals surface area contributed by atoms with Crippen molar-refractivity contribution in [3.8, 4) is 0 Å². The van der Waals surface area contributed by atoms with Crippen LogP contribution in [0.2, 0.25) is 0 Å². The number of rotatable bonds is 4. The highest BCUT2D eigenvalue weighted by atomic mass is 15.3. The molecule has 0 bridgehead atoms. The van der Waals surface area contributed by atoms with Crippen LogP contribution >= 0.6 is 0 Å². The summed E-state index contributed by atoms with van der Waals surface area (Å²) in [6.45, 7) is 3.02. The second-order valence-corrected chi connectivity index (χ2v) is 5.42. The number of aromatic nitrogens is 2. The molecule has 1 aromatic heterocycles. The molecule has 2 atom stereocenters. The first-order valence-corrected chi connectivity index (χ1v) is 7.12. The summed E-state index contributed by atoms with van der Waals surface area (Å²) in [5.41, 5.74) is 10.6. The van der Waals surface area contributed by atoms with Crippen molar-refractivity contribution in [2.75, 3.05) is 0 Å². The summed E-state index contributed by atoms with van der Waals surface area (Å²) in [5, 5.41) is 4.32. The van der Waals surface area contributed by atoms with Gasteiger partial charge in [0, 0.05) is 18.8 Å². The van der Waals surface area contributed by atoms with Gasteiger partial charge >= 0.3 is 0 Å². The van der Waals surface area contributed by atoms with Gasteiger partial charge in [0.25, 0.3) is 0 Å². The topological polar surface area (TPSA) is 43.8 Å². The third-order valence-corrected chi connectivity index (χ3v) is 4.18. The minimum absolute atomic E-state index is 0.193. The molecule has 3 heteroatoms. The summed E-state index contributed by atoms with van der Waals surface area (Å²) >= 11 is 0. The average Bonchev–Trinajstić information content (AvgIpc) is 3.04. The van der Waals surface area contributed by atoms with Gasteiger partial charge in [0.05, 0.1) is 6.20 Å². The fraction of sp³-hybridized carbons (Fsp3) is 0.438. The number of aryl methyl sites for hydroxylation is 2. The Hall–Kier alpha value is -1.61. The van der Waals surface area contributed by atoms with E-state index in [1.165, 1.54) is 29.5 Å². The Morgan fingerprint density at radius 2 is 2.26 bits per heavy atom. The van der Waals surface area contributed by atoms with Crippen LogP contribution in [0.3, 0.4) is 0 Å². The quantitative estimate of drug-likeness (QED) is 0.912. The normalized spacial score (nSPS) is 19.4. The molecule has 2 unspecified atom stereocenters. The van der Waals surface area contributed by atoms with Crippen LogP contribution in [0, 0.1) is 0 Å². The molecule has 1 aliphatic rings. The predicted octanol–water partition coefficient (Wildman–Crippen LogP) is 2.50. The lowest BCUT2D eigenvalue weighted by molar-refractivity contribution is 0.525. The summed E-state index contributed by atoms with van der Waals surface area (Å²) in [4.78, 5) is 0. The molecule has 2 aromatic rings. The molecular weight excluding hydrogens is 234 g/mol. The average molecular weight is 255 g/mol. The minimum atomic E-state index is 0.193. The lowest BCUT2D eigenvalue weighted by Crippen LogP contribution is -2.29. The van der Waals surface area contributed by atoms with E-state index >= 15 is 0 Å². The number of nitrogens with zero attached hydrogens (tertiary/aromatic N) is 2. The fourth-order valence-corrected chi connectivity index (χ4v) is 3.13. The highest BCUT2D eigenvalue weighted by Gasteiger charge is 2.27. The molecule has 1 aromatic carbocycles. The van der Waals surface area contributed by atoms with E-state index in [9.17, 15) is 0 Å². The third kappa shape index (κ3) is 2.43. The molecule has 0 amide bonds. The summed E-state index contributed by atoms with van der Waals surface area (Å²) in [6.07, 6.45) is 7.33. The zero-order valence-corrected chi connectivity index (χ0v) is 11.4. The van der Waals surface area contributed by atoms with Gasteiger partial charge in [0.15, 0.2) is 0 Å². The van der Waals surface area contributed by atoms with Crippen LogP contribution in [0.15, 0.2) is 36.7 Å². The second-order valence-electron chi connectivity index (χ2n) is 5.42. The van der Waals surface area contributed by atoms with Crippen LogP contribution in [0.25, 0.3) is 0 Å². The molecule has 1 heterocycles. The lowest BCUT2D eigenvalue weighted by Gasteiger charge is -2.19. The molecule has 0 fully saturated rings. The Balaban J connectivity index is 1.73. The van der Waals surface area contributed by atoms with Gasteiger partial charge in [-0.1, -0.05) is 24.3 Å². The molecule has 0 saturated carbocycles. The molecule has 100 valence electrons. The van der Waals surface area contributed by atoms with E-state index in [0.29, 0.717) is 5.92 Å². The van der Waals surface area contributed by atoms with E-state index in [0.717, 1.165) is 13.0 Å². The van der Waals surface area contributed by atoms with Crippen LogP contribution < -0.4 is 5.73 Å². The largest absolute Gasteiger partial charge is 0.327 e. The van der Waals surface area contributed by atoms with Crippen molar-refractivity contribution in [1.29, 1.82) is 0 Å². The van der Waals surface area contributed by atoms with E-state index in [2.05, 4.69) is 42.5 Å². The molecule has 19 heavy (non-hydrogen) atoms. The maximum Gasteiger partial charge on any atom is 0.0522 e.